The summed E-state index contributed by atoms with van der Waals surface area (Å²) in [4.78, 5) is 19.4. The molecule has 152 valence electrons. The second-order valence-corrected chi connectivity index (χ2v) is 8.61. The van der Waals surface area contributed by atoms with E-state index in [9.17, 15) is 4.79 Å². The topological polar surface area (TPSA) is 81.9 Å². The summed E-state index contributed by atoms with van der Waals surface area (Å²) in [5.74, 6) is 0.0430. The van der Waals surface area contributed by atoms with Crippen molar-refractivity contribution in [1.82, 2.24) is 25.3 Å². The van der Waals surface area contributed by atoms with Gasteiger partial charge in [-0.2, -0.15) is 15.0 Å². The maximum atomic E-state index is 13.2. The molecule has 2 aromatic heterocycles. The molecule has 8 heteroatoms. The lowest BCUT2D eigenvalue weighted by Gasteiger charge is -2.19. The van der Waals surface area contributed by atoms with E-state index in [0.29, 0.717) is 24.5 Å². The zero-order chi connectivity index (χ0) is 20.5. The van der Waals surface area contributed by atoms with Crippen molar-refractivity contribution in [3.8, 4) is 5.69 Å². The smallest absolute Gasteiger partial charge is 0.253 e. The largest absolute Gasteiger partial charge is 0.379 e. The number of rotatable bonds is 5. The van der Waals surface area contributed by atoms with E-state index in [0.717, 1.165) is 22.5 Å². The number of amides is 1. The van der Waals surface area contributed by atoms with Crippen molar-refractivity contribution in [2.75, 3.05) is 13.2 Å². The molecule has 7 nitrogen and oxygen atoms in total. The van der Waals surface area contributed by atoms with E-state index < -0.39 is 0 Å². The first-order valence-electron chi connectivity index (χ1n) is 9.88. The number of para-hydroxylation sites is 1. The van der Waals surface area contributed by atoms with Gasteiger partial charge in [-0.05, 0) is 31.2 Å². The summed E-state index contributed by atoms with van der Waals surface area (Å²) >= 11 is 1.70. The van der Waals surface area contributed by atoms with Crippen LogP contribution in [0.4, 0.5) is 0 Å². The van der Waals surface area contributed by atoms with Gasteiger partial charge in [-0.3, -0.25) is 4.79 Å². The Kier molecular flexibility index (Phi) is 5.02. The van der Waals surface area contributed by atoms with E-state index in [4.69, 9.17) is 9.72 Å². The first-order valence-corrected chi connectivity index (χ1v) is 10.7. The van der Waals surface area contributed by atoms with Gasteiger partial charge in [0.2, 0.25) is 0 Å². The van der Waals surface area contributed by atoms with Gasteiger partial charge in [0.15, 0.2) is 0 Å². The average Bonchev–Trinajstić information content (AvgIpc) is 3.49. The Bertz CT molecular complexity index is 1150. The maximum absolute atomic E-state index is 13.2. The molecule has 30 heavy (non-hydrogen) atoms. The fourth-order valence-electron chi connectivity index (χ4n) is 3.78. The Morgan fingerprint density at radius 2 is 2.03 bits per heavy atom. The Morgan fingerprint density at radius 3 is 2.87 bits per heavy atom. The number of aromatic nitrogens is 4. The van der Waals surface area contributed by atoms with Crippen molar-refractivity contribution in [1.29, 1.82) is 0 Å². The molecule has 0 bridgehead atoms. The standard InChI is InChI=1S/C22H21N5O2S/c1-14-6-7-19(27-23-8-9-24-27)16(10-14)22(28)26-18-13-29-12-15(18)11-21-25-17-4-2-3-5-20(17)30-21/h2-10,15,18H,11-13H2,1H3,(H,26,28)/t15-,18+/m0/s1. The summed E-state index contributed by atoms with van der Waals surface area (Å²) in [6.45, 7) is 3.08. The molecule has 1 saturated heterocycles. The molecule has 1 aliphatic rings. The van der Waals surface area contributed by atoms with E-state index in [1.807, 2.05) is 43.3 Å². The second kappa shape index (κ2) is 7.97. The molecule has 1 fully saturated rings. The molecule has 1 amide bonds. The van der Waals surface area contributed by atoms with Gasteiger partial charge in [0.25, 0.3) is 5.91 Å². The highest BCUT2D eigenvalue weighted by molar-refractivity contribution is 7.18. The van der Waals surface area contributed by atoms with Crippen LogP contribution in [0.2, 0.25) is 0 Å². The van der Waals surface area contributed by atoms with Crippen molar-refractivity contribution < 1.29 is 9.53 Å². The van der Waals surface area contributed by atoms with Gasteiger partial charge in [-0.1, -0.05) is 23.8 Å². The van der Waals surface area contributed by atoms with E-state index in [1.54, 1.807) is 23.7 Å². The third-order valence-electron chi connectivity index (χ3n) is 5.32. The highest BCUT2D eigenvalue weighted by Crippen LogP contribution is 2.27. The maximum Gasteiger partial charge on any atom is 0.253 e. The molecule has 0 saturated carbocycles. The molecular formula is C22H21N5O2S. The quantitative estimate of drug-likeness (QED) is 0.537. The molecule has 0 radical (unpaired) electrons. The van der Waals surface area contributed by atoms with Gasteiger partial charge in [-0.25, -0.2) is 4.98 Å². The van der Waals surface area contributed by atoms with Crippen LogP contribution < -0.4 is 5.32 Å². The number of fused-ring (bicyclic) bond motifs is 1. The second-order valence-electron chi connectivity index (χ2n) is 7.50. The number of nitrogens with one attached hydrogen (secondary N) is 1. The third-order valence-corrected chi connectivity index (χ3v) is 6.38. The molecule has 2 aromatic carbocycles. The summed E-state index contributed by atoms with van der Waals surface area (Å²) in [5, 5.41) is 12.6. The molecule has 2 atom stereocenters. The van der Waals surface area contributed by atoms with Gasteiger partial charge < -0.3 is 10.1 Å². The Balaban J connectivity index is 1.35. The summed E-state index contributed by atoms with van der Waals surface area (Å²) < 4.78 is 6.89. The summed E-state index contributed by atoms with van der Waals surface area (Å²) in [6.07, 6.45) is 3.98. The third kappa shape index (κ3) is 3.71. The summed E-state index contributed by atoms with van der Waals surface area (Å²) in [7, 11) is 0. The minimum absolute atomic E-state index is 0.0662. The van der Waals surface area contributed by atoms with Crippen LogP contribution in [0.3, 0.4) is 0 Å². The SMILES string of the molecule is Cc1ccc(-n2nccn2)c(C(=O)N[C@@H]2COC[C@@H]2Cc2nc3ccccc3s2)c1. The van der Waals surface area contributed by atoms with Crippen LogP contribution >= 0.6 is 11.3 Å². The van der Waals surface area contributed by atoms with Crippen molar-refractivity contribution in [2.45, 2.75) is 19.4 Å². The Morgan fingerprint density at radius 1 is 1.20 bits per heavy atom. The predicted molar refractivity (Wildman–Crippen MR) is 115 cm³/mol. The number of nitrogens with zero attached hydrogens (tertiary/aromatic N) is 4. The van der Waals surface area contributed by atoms with Crippen LogP contribution in [0.15, 0.2) is 54.9 Å². The van der Waals surface area contributed by atoms with Crippen LogP contribution in [0, 0.1) is 12.8 Å². The first kappa shape index (κ1) is 18.9. The molecule has 0 spiro atoms. The normalized spacial score (nSPS) is 18.7. The lowest BCUT2D eigenvalue weighted by Crippen LogP contribution is -2.41. The van der Waals surface area contributed by atoms with Crippen molar-refractivity contribution in [2.24, 2.45) is 5.92 Å². The monoisotopic (exact) mass is 419 g/mol. The first-order chi connectivity index (χ1) is 14.7. The zero-order valence-electron chi connectivity index (χ0n) is 16.5. The van der Waals surface area contributed by atoms with Gasteiger partial charge in [0.1, 0.15) is 0 Å². The van der Waals surface area contributed by atoms with E-state index in [1.165, 1.54) is 9.50 Å². The number of aryl methyl sites for hydroxylation is 1. The molecular weight excluding hydrogens is 398 g/mol. The van der Waals surface area contributed by atoms with E-state index >= 15 is 0 Å². The van der Waals surface area contributed by atoms with Gasteiger partial charge in [-0.15, -0.1) is 11.3 Å². The number of benzene rings is 2. The highest BCUT2D eigenvalue weighted by Gasteiger charge is 2.31. The van der Waals surface area contributed by atoms with Gasteiger partial charge in [0.05, 0.1) is 58.1 Å². The van der Waals surface area contributed by atoms with Crippen LogP contribution in [-0.4, -0.2) is 45.1 Å². The number of thiazole rings is 1. The lowest BCUT2D eigenvalue weighted by molar-refractivity contribution is 0.0924. The van der Waals surface area contributed by atoms with Gasteiger partial charge in [0, 0.05) is 12.3 Å². The minimum Gasteiger partial charge on any atom is -0.379 e. The molecule has 3 heterocycles. The van der Waals surface area contributed by atoms with Crippen molar-refractivity contribution in [3.63, 3.8) is 0 Å². The van der Waals surface area contributed by atoms with Crippen LogP contribution in [0.1, 0.15) is 20.9 Å². The molecule has 1 N–H and O–H groups in total. The van der Waals surface area contributed by atoms with Crippen LogP contribution in [0.25, 0.3) is 15.9 Å². The lowest BCUT2D eigenvalue weighted by atomic mass is 9.99. The van der Waals surface area contributed by atoms with Crippen molar-refractivity contribution in [3.05, 3.63) is 71.0 Å². The number of carbonyl (C=O) groups is 1. The zero-order valence-corrected chi connectivity index (χ0v) is 17.3. The van der Waals surface area contributed by atoms with E-state index in [2.05, 4.69) is 21.6 Å². The predicted octanol–water partition coefficient (Wildman–Crippen LogP) is 3.17. The Hall–Kier alpha value is -3.10. The van der Waals surface area contributed by atoms with Crippen LogP contribution in [-0.2, 0) is 11.2 Å². The van der Waals surface area contributed by atoms with Crippen LogP contribution in [0.5, 0.6) is 0 Å². The molecule has 0 aliphatic carbocycles. The molecule has 0 unspecified atom stereocenters. The number of carbonyl (C=O) groups excluding carboxylic acids is 1. The fraction of sp³-hybridized carbons (Fsp3) is 0.273. The number of ether oxygens (including phenoxy) is 1. The minimum atomic E-state index is -0.143. The van der Waals surface area contributed by atoms with Gasteiger partial charge >= 0.3 is 0 Å². The average molecular weight is 420 g/mol. The highest BCUT2D eigenvalue weighted by atomic mass is 32.1. The summed E-state index contributed by atoms with van der Waals surface area (Å²) in [5.41, 5.74) is 3.24. The molecule has 1 aliphatic heterocycles. The van der Waals surface area contributed by atoms with E-state index in [-0.39, 0.29) is 17.9 Å². The molecule has 5 rings (SSSR count). The Labute approximate surface area is 177 Å². The van der Waals surface area contributed by atoms with Crippen molar-refractivity contribution >= 4 is 27.5 Å². The fourth-order valence-corrected chi connectivity index (χ4v) is 4.84. The number of hydrogen-bond acceptors (Lipinski definition) is 6. The summed E-state index contributed by atoms with van der Waals surface area (Å²) in [6, 6.07) is 13.8. The molecule has 4 aromatic rings. The number of hydrogen-bond donors (Lipinski definition) is 1.